The first-order valence-electron chi connectivity index (χ1n) is 7.68. The van der Waals surface area contributed by atoms with Gasteiger partial charge in [-0.3, -0.25) is 9.80 Å². The van der Waals surface area contributed by atoms with Gasteiger partial charge in [-0.2, -0.15) is 0 Å². The molecular weight excluding hydrogens is 260 g/mol. The van der Waals surface area contributed by atoms with Gasteiger partial charge < -0.3 is 20.4 Å². The smallest absolute Gasteiger partial charge is 0.0558 e. The molecule has 0 radical (unpaired) electrons. The van der Waals surface area contributed by atoms with Crippen molar-refractivity contribution in [2.75, 3.05) is 52.6 Å². The first-order chi connectivity index (χ1) is 9.76. The number of hydrogen-bond donors (Lipinski definition) is 4. The van der Waals surface area contributed by atoms with Crippen LogP contribution in [0.25, 0.3) is 0 Å². The molecule has 0 bridgehead atoms. The second-order valence-electron chi connectivity index (χ2n) is 5.43. The van der Waals surface area contributed by atoms with Crippen LogP contribution in [0.3, 0.4) is 0 Å². The number of rotatable bonds is 10. The largest absolute Gasteiger partial charge is 0.395 e. The molecular formula is C14H30N2O4. The van der Waals surface area contributed by atoms with E-state index in [0.29, 0.717) is 38.3 Å². The van der Waals surface area contributed by atoms with Crippen molar-refractivity contribution >= 4 is 0 Å². The molecule has 1 rings (SSSR count). The zero-order valence-corrected chi connectivity index (χ0v) is 12.3. The van der Waals surface area contributed by atoms with Crippen molar-refractivity contribution < 1.29 is 20.4 Å². The van der Waals surface area contributed by atoms with Crippen molar-refractivity contribution in [3.8, 4) is 0 Å². The molecule has 0 aromatic carbocycles. The minimum Gasteiger partial charge on any atom is -0.395 e. The highest BCUT2D eigenvalue weighted by atomic mass is 16.3. The van der Waals surface area contributed by atoms with Crippen LogP contribution in [0.1, 0.15) is 25.7 Å². The summed E-state index contributed by atoms with van der Waals surface area (Å²) in [4.78, 5) is 4.33. The molecule has 0 spiro atoms. The normalized spacial score (nSPS) is 23.7. The Bertz CT molecular complexity index is 199. The van der Waals surface area contributed by atoms with Gasteiger partial charge >= 0.3 is 0 Å². The zero-order valence-electron chi connectivity index (χ0n) is 12.3. The van der Waals surface area contributed by atoms with Crippen LogP contribution in [-0.2, 0) is 0 Å². The third kappa shape index (κ3) is 5.63. The van der Waals surface area contributed by atoms with E-state index in [1.807, 2.05) is 0 Å². The van der Waals surface area contributed by atoms with Crippen molar-refractivity contribution in [1.29, 1.82) is 0 Å². The fourth-order valence-corrected chi connectivity index (χ4v) is 3.26. The van der Waals surface area contributed by atoms with Gasteiger partial charge in [0, 0.05) is 38.3 Å². The summed E-state index contributed by atoms with van der Waals surface area (Å²) in [5.74, 6) is 0. The number of aliphatic hydroxyl groups excluding tert-OH is 4. The third-order valence-corrected chi connectivity index (χ3v) is 4.25. The van der Waals surface area contributed by atoms with Crippen LogP contribution >= 0.6 is 0 Å². The van der Waals surface area contributed by atoms with Crippen LogP contribution in [0.2, 0.25) is 0 Å². The summed E-state index contributed by atoms with van der Waals surface area (Å²) >= 11 is 0. The lowest BCUT2D eigenvalue weighted by molar-refractivity contribution is 0.0569. The first kappa shape index (κ1) is 17.8. The average Bonchev–Trinajstić information content (AvgIpc) is 2.47. The van der Waals surface area contributed by atoms with Crippen LogP contribution in [0.5, 0.6) is 0 Å². The fourth-order valence-electron chi connectivity index (χ4n) is 3.26. The molecule has 0 aromatic rings. The second kappa shape index (κ2) is 10.5. The highest BCUT2D eigenvalue weighted by Gasteiger charge is 2.28. The van der Waals surface area contributed by atoms with Gasteiger partial charge in [-0.15, -0.1) is 0 Å². The maximum atomic E-state index is 9.09. The zero-order chi connectivity index (χ0) is 14.8. The molecule has 0 aromatic heterocycles. The maximum absolute atomic E-state index is 9.09. The first-order valence-corrected chi connectivity index (χ1v) is 7.68. The van der Waals surface area contributed by atoms with E-state index in [2.05, 4.69) is 9.80 Å². The molecule has 6 heteroatoms. The van der Waals surface area contributed by atoms with Gasteiger partial charge in [0.1, 0.15) is 0 Å². The summed E-state index contributed by atoms with van der Waals surface area (Å²) in [6.07, 6.45) is 4.16. The Morgan fingerprint density at radius 2 is 0.800 bits per heavy atom. The van der Waals surface area contributed by atoms with Gasteiger partial charge in [-0.25, -0.2) is 0 Å². The summed E-state index contributed by atoms with van der Waals surface area (Å²) in [5.41, 5.74) is 0. The summed E-state index contributed by atoms with van der Waals surface area (Å²) < 4.78 is 0. The standard InChI is InChI=1S/C14H30N2O4/c17-9-5-15(6-10-18)13-1-2-14(4-3-13)16(7-11-19)8-12-20/h13-14,17-20H,1-12H2/t13-,14-. The van der Waals surface area contributed by atoms with Crippen molar-refractivity contribution in [1.82, 2.24) is 9.80 Å². The van der Waals surface area contributed by atoms with E-state index in [-0.39, 0.29) is 26.4 Å². The lowest BCUT2D eigenvalue weighted by Crippen LogP contribution is -2.47. The number of aliphatic hydroxyl groups is 4. The second-order valence-corrected chi connectivity index (χ2v) is 5.43. The van der Waals surface area contributed by atoms with Crippen molar-refractivity contribution in [3.05, 3.63) is 0 Å². The van der Waals surface area contributed by atoms with E-state index in [1.54, 1.807) is 0 Å². The molecule has 120 valence electrons. The summed E-state index contributed by atoms with van der Waals surface area (Å²) in [5, 5.41) is 36.3. The molecule has 0 atom stereocenters. The van der Waals surface area contributed by atoms with Crippen LogP contribution in [0.4, 0.5) is 0 Å². The SMILES string of the molecule is OCCN(CCO)[C@H]1CC[C@H](N(CCO)CCO)CC1. The van der Waals surface area contributed by atoms with Crippen molar-refractivity contribution in [3.63, 3.8) is 0 Å². The molecule has 1 saturated carbocycles. The molecule has 0 heterocycles. The van der Waals surface area contributed by atoms with Gasteiger partial charge in [0.15, 0.2) is 0 Å². The molecule has 6 nitrogen and oxygen atoms in total. The minimum atomic E-state index is 0.126. The Morgan fingerprint density at radius 3 is 1.00 bits per heavy atom. The lowest BCUT2D eigenvalue weighted by atomic mass is 9.89. The molecule has 1 fully saturated rings. The Labute approximate surface area is 121 Å². The summed E-state index contributed by atoms with van der Waals surface area (Å²) in [6.45, 7) is 2.98. The Hall–Kier alpha value is -0.240. The Morgan fingerprint density at radius 1 is 0.550 bits per heavy atom. The van der Waals surface area contributed by atoms with Gasteiger partial charge in [-0.05, 0) is 25.7 Å². The number of hydrogen-bond acceptors (Lipinski definition) is 6. The predicted octanol–water partition coefficient (Wildman–Crippen LogP) is -1.13. The summed E-state index contributed by atoms with van der Waals surface area (Å²) in [7, 11) is 0. The minimum absolute atomic E-state index is 0.126. The van der Waals surface area contributed by atoms with Gasteiger partial charge in [0.2, 0.25) is 0 Å². The van der Waals surface area contributed by atoms with Crippen LogP contribution in [-0.4, -0.2) is 94.9 Å². The molecule has 0 aliphatic heterocycles. The average molecular weight is 290 g/mol. The van der Waals surface area contributed by atoms with E-state index < -0.39 is 0 Å². The maximum Gasteiger partial charge on any atom is 0.0558 e. The van der Waals surface area contributed by atoms with Gasteiger partial charge in [-0.1, -0.05) is 0 Å². The van der Waals surface area contributed by atoms with Crippen molar-refractivity contribution in [2.45, 2.75) is 37.8 Å². The molecule has 1 aliphatic carbocycles. The highest BCUT2D eigenvalue weighted by molar-refractivity contribution is 4.84. The van der Waals surface area contributed by atoms with Crippen molar-refractivity contribution in [2.24, 2.45) is 0 Å². The van der Waals surface area contributed by atoms with Crippen LogP contribution in [0, 0.1) is 0 Å². The molecule has 0 saturated heterocycles. The van der Waals surface area contributed by atoms with Gasteiger partial charge in [0.05, 0.1) is 26.4 Å². The van der Waals surface area contributed by atoms with E-state index in [9.17, 15) is 0 Å². The van der Waals surface area contributed by atoms with E-state index in [1.165, 1.54) is 0 Å². The van der Waals surface area contributed by atoms with E-state index in [0.717, 1.165) is 25.7 Å². The quantitative estimate of drug-likeness (QED) is 0.407. The van der Waals surface area contributed by atoms with E-state index in [4.69, 9.17) is 20.4 Å². The topological polar surface area (TPSA) is 87.4 Å². The molecule has 1 aliphatic rings. The third-order valence-electron chi connectivity index (χ3n) is 4.25. The summed E-state index contributed by atoms with van der Waals surface area (Å²) in [6, 6.07) is 0.853. The molecule has 4 N–H and O–H groups in total. The Balaban J connectivity index is 2.43. The molecule has 20 heavy (non-hydrogen) atoms. The highest BCUT2D eigenvalue weighted by Crippen LogP contribution is 2.26. The van der Waals surface area contributed by atoms with Gasteiger partial charge in [0.25, 0.3) is 0 Å². The number of nitrogens with zero attached hydrogens (tertiary/aromatic N) is 2. The fraction of sp³-hybridized carbons (Fsp3) is 1.00. The van der Waals surface area contributed by atoms with Crippen LogP contribution in [0.15, 0.2) is 0 Å². The van der Waals surface area contributed by atoms with E-state index >= 15 is 0 Å². The van der Waals surface area contributed by atoms with Crippen LogP contribution < -0.4 is 0 Å². The predicted molar refractivity (Wildman–Crippen MR) is 77.5 cm³/mol. The Kier molecular flexibility index (Phi) is 9.33. The lowest BCUT2D eigenvalue weighted by Gasteiger charge is -2.40. The monoisotopic (exact) mass is 290 g/mol. The molecule has 0 unspecified atom stereocenters. The molecule has 0 amide bonds.